The van der Waals surface area contributed by atoms with Crippen molar-refractivity contribution in [2.24, 2.45) is 4.99 Å². The number of hydrogen-bond donors (Lipinski definition) is 2. The first kappa shape index (κ1) is 16.1. The second kappa shape index (κ2) is 7.13. The van der Waals surface area contributed by atoms with Gasteiger partial charge >= 0.3 is 6.18 Å². The maximum absolute atomic E-state index is 12.3. The molecule has 1 aliphatic rings. The Labute approximate surface area is 126 Å². The molecule has 1 saturated heterocycles. The molecule has 1 atom stereocenters. The van der Waals surface area contributed by atoms with Gasteiger partial charge in [0.2, 0.25) is 0 Å². The van der Waals surface area contributed by atoms with E-state index in [-0.39, 0.29) is 6.04 Å². The van der Waals surface area contributed by atoms with Crippen LogP contribution in [0.5, 0.6) is 0 Å². The summed E-state index contributed by atoms with van der Waals surface area (Å²) in [6.07, 6.45) is -3.44. The Balaban J connectivity index is 1.75. The van der Waals surface area contributed by atoms with Crippen LogP contribution in [0.1, 0.15) is 11.3 Å². The third kappa shape index (κ3) is 5.55. The highest BCUT2D eigenvalue weighted by Crippen LogP contribution is 2.19. The van der Waals surface area contributed by atoms with Crippen molar-refractivity contribution < 1.29 is 13.2 Å². The van der Waals surface area contributed by atoms with Gasteiger partial charge in [0.1, 0.15) is 0 Å². The molecule has 8 heteroatoms. The molecule has 1 unspecified atom stereocenters. The third-order valence-corrected chi connectivity index (χ3v) is 4.13. The SMILES string of the molecule is CN=C(NCc1cccs1)NC1CCN(CC(F)(F)F)C1. The van der Waals surface area contributed by atoms with Crippen molar-refractivity contribution in [2.75, 3.05) is 26.7 Å². The number of alkyl halides is 3. The van der Waals surface area contributed by atoms with E-state index in [2.05, 4.69) is 15.6 Å². The first-order valence-corrected chi connectivity index (χ1v) is 7.63. The van der Waals surface area contributed by atoms with Gasteiger partial charge in [0, 0.05) is 31.1 Å². The molecule has 0 saturated carbocycles. The predicted octanol–water partition coefficient (Wildman–Crippen LogP) is 2.05. The van der Waals surface area contributed by atoms with Crippen molar-refractivity contribution in [1.29, 1.82) is 0 Å². The van der Waals surface area contributed by atoms with Gasteiger partial charge in [-0.25, -0.2) is 0 Å². The molecule has 2 heterocycles. The Kier molecular flexibility index (Phi) is 5.46. The maximum Gasteiger partial charge on any atom is 0.401 e. The summed E-state index contributed by atoms with van der Waals surface area (Å²) in [5.74, 6) is 0.627. The predicted molar refractivity (Wildman–Crippen MR) is 78.6 cm³/mol. The zero-order chi connectivity index (χ0) is 15.3. The smallest absolute Gasteiger partial charge is 0.352 e. The van der Waals surface area contributed by atoms with Crippen molar-refractivity contribution in [1.82, 2.24) is 15.5 Å². The minimum absolute atomic E-state index is 0.00175. The fraction of sp³-hybridized carbons (Fsp3) is 0.615. The summed E-state index contributed by atoms with van der Waals surface area (Å²) in [5.41, 5.74) is 0. The lowest BCUT2D eigenvalue weighted by molar-refractivity contribution is -0.143. The topological polar surface area (TPSA) is 39.7 Å². The molecule has 1 aromatic rings. The lowest BCUT2D eigenvalue weighted by Gasteiger charge is -2.19. The Morgan fingerprint density at radius 1 is 1.52 bits per heavy atom. The van der Waals surface area contributed by atoms with E-state index in [1.165, 1.54) is 9.78 Å². The zero-order valence-corrected chi connectivity index (χ0v) is 12.6. The largest absolute Gasteiger partial charge is 0.401 e. The van der Waals surface area contributed by atoms with Crippen LogP contribution in [0.4, 0.5) is 13.2 Å². The first-order valence-electron chi connectivity index (χ1n) is 6.75. The molecular formula is C13H19F3N4S. The van der Waals surface area contributed by atoms with Gasteiger partial charge in [0.15, 0.2) is 5.96 Å². The third-order valence-electron chi connectivity index (χ3n) is 3.25. The van der Waals surface area contributed by atoms with Gasteiger partial charge in [0.25, 0.3) is 0 Å². The van der Waals surface area contributed by atoms with E-state index in [1.54, 1.807) is 18.4 Å². The van der Waals surface area contributed by atoms with Crippen LogP contribution >= 0.6 is 11.3 Å². The van der Waals surface area contributed by atoms with E-state index < -0.39 is 12.7 Å². The number of nitrogens with one attached hydrogen (secondary N) is 2. The van der Waals surface area contributed by atoms with E-state index >= 15 is 0 Å². The average Bonchev–Trinajstić information content (AvgIpc) is 3.04. The lowest BCUT2D eigenvalue weighted by atomic mass is 10.3. The summed E-state index contributed by atoms with van der Waals surface area (Å²) in [5, 5.41) is 8.35. The highest BCUT2D eigenvalue weighted by Gasteiger charge is 2.34. The van der Waals surface area contributed by atoms with E-state index in [4.69, 9.17) is 0 Å². The molecule has 1 fully saturated rings. The number of guanidine groups is 1. The van der Waals surface area contributed by atoms with Crippen LogP contribution in [0.2, 0.25) is 0 Å². The number of likely N-dealkylation sites (tertiary alicyclic amines) is 1. The van der Waals surface area contributed by atoms with Crippen LogP contribution in [0.3, 0.4) is 0 Å². The first-order chi connectivity index (χ1) is 9.96. The summed E-state index contributed by atoms with van der Waals surface area (Å²) in [7, 11) is 1.66. The van der Waals surface area contributed by atoms with Crippen molar-refractivity contribution in [3.63, 3.8) is 0 Å². The lowest BCUT2D eigenvalue weighted by Crippen LogP contribution is -2.44. The van der Waals surface area contributed by atoms with Crippen LogP contribution < -0.4 is 10.6 Å². The minimum Gasteiger partial charge on any atom is -0.352 e. The molecule has 1 aromatic heterocycles. The molecule has 0 radical (unpaired) electrons. The van der Waals surface area contributed by atoms with Gasteiger partial charge < -0.3 is 10.6 Å². The van der Waals surface area contributed by atoms with Crippen LogP contribution in [0, 0.1) is 0 Å². The summed E-state index contributed by atoms with van der Waals surface area (Å²) >= 11 is 1.65. The van der Waals surface area contributed by atoms with Crippen LogP contribution in [0.15, 0.2) is 22.5 Å². The monoisotopic (exact) mass is 320 g/mol. The molecule has 118 valence electrons. The normalized spacial score (nSPS) is 20.8. The van der Waals surface area contributed by atoms with E-state index in [0.717, 1.165) is 0 Å². The fourth-order valence-corrected chi connectivity index (χ4v) is 2.96. The summed E-state index contributed by atoms with van der Waals surface area (Å²) < 4.78 is 37.0. The van der Waals surface area contributed by atoms with E-state index in [9.17, 15) is 13.2 Å². The quantitative estimate of drug-likeness (QED) is 0.659. The van der Waals surface area contributed by atoms with Gasteiger partial charge in [-0.2, -0.15) is 13.2 Å². The number of aliphatic imine (C=N–C) groups is 1. The Bertz CT molecular complexity index is 458. The number of thiophene rings is 1. The highest BCUT2D eigenvalue weighted by molar-refractivity contribution is 7.09. The molecule has 2 N–H and O–H groups in total. The van der Waals surface area contributed by atoms with Crippen molar-refractivity contribution in [3.8, 4) is 0 Å². The van der Waals surface area contributed by atoms with Gasteiger partial charge in [-0.3, -0.25) is 9.89 Å². The van der Waals surface area contributed by atoms with Gasteiger partial charge in [0.05, 0.1) is 13.1 Å². The standard InChI is InChI=1S/C13H19F3N4S/c1-17-12(18-7-11-3-2-6-21-11)19-10-4-5-20(8-10)9-13(14,15)16/h2-3,6,10H,4-5,7-9H2,1H3,(H2,17,18,19). The molecule has 0 aromatic carbocycles. The number of hydrogen-bond acceptors (Lipinski definition) is 3. The van der Waals surface area contributed by atoms with Gasteiger partial charge in [-0.05, 0) is 17.9 Å². The summed E-state index contributed by atoms with van der Waals surface area (Å²) in [6, 6.07) is 4.00. The fourth-order valence-electron chi connectivity index (χ4n) is 2.32. The maximum atomic E-state index is 12.3. The molecule has 0 aliphatic carbocycles. The minimum atomic E-state index is -4.13. The van der Waals surface area contributed by atoms with Crippen LogP contribution in [0.25, 0.3) is 0 Å². The Morgan fingerprint density at radius 2 is 2.33 bits per heavy atom. The molecule has 0 spiro atoms. The highest BCUT2D eigenvalue weighted by atomic mass is 32.1. The molecule has 0 amide bonds. The molecule has 2 rings (SSSR count). The van der Waals surface area contributed by atoms with Gasteiger partial charge in [-0.15, -0.1) is 11.3 Å². The Hall–Kier alpha value is -1.28. The Morgan fingerprint density at radius 3 is 2.95 bits per heavy atom. The molecule has 21 heavy (non-hydrogen) atoms. The second-order valence-electron chi connectivity index (χ2n) is 4.99. The number of nitrogens with zero attached hydrogens (tertiary/aromatic N) is 2. The van der Waals surface area contributed by atoms with Gasteiger partial charge in [-0.1, -0.05) is 6.07 Å². The van der Waals surface area contributed by atoms with Crippen LogP contribution in [-0.4, -0.2) is 49.8 Å². The number of rotatable bonds is 4. The van der Waals surface area contributed by atoms with Crippen molar-refractivity contribution in [2.45, 2.75) is 25.2 Å². The molecule has 0 bridgehead atoms. The number of halogens is 3. The summed E-state index contributed by atoms with van der Waals surface area (Å²) in [6.45, 7) is 0.668. The average molecular weight is 320 g/mol. The summed E-state index contributed by atoms with van der Waals surface area (Å²) in [4.78, 5) is 6.71. The van der Waals surface area contributed by atoms with Crippen molar-refractivity contribution in [3.05, 3.63) is 22.4 Å². The molecule has 4 nitrogen and oxygen atoms in total. The van der Waals surface area contributed by atoms with E-state index in [0.29, 0.717) is 32.0 Å². The van der Waals surface area contributed by atoms with Crippen molar-refractivity contribution >= 4 is 17.3 Å². The van der Waals surface area contributed by atoms with Crippen LogP contribution in [-0.2, 0) is 6.54 Å². The second-order valence-corrected chi connectivity index (χ2v) is 6.02. The molecular weight excluding hydrogens is 301 g/mol. The zero-order valence-electron chi connectivity index (χ0n) is 11.8. The van der Waals surface area contributed by atoms with E-state index in [1.807, 2.05) is 17.5 Å². The molecule has 1 aliphatic heterocycles.